The third-order valence-electron chi connectivity index (χ3n) is 3.81. The lowest BCUT2D eigenvalue weighted by atomic mass is 10.1. The molecule has 0 saturated carbocycles. The Hall–Kier alpha value is -2.14. The molecule has 0 atom stereocenters. The van der Waals surface area contributed by atoms with Crippen LogP contribution in [0.1, 0.15) is 16.1 Å². The zero-order chi connectivity index (χ0) is 16.4. The van der Waals surface area contributed by atoms with Gasteiger partial charge in [-0.2, -0.15) is 0 Å². The quantitative estimate of drug-likeness (QED) is 0.722. The number of hydrogen-bond acceptors (Lipinski definition) is 1. The summed E-state index contributed by atoms with van der Waals surface area (Å²) in [5.74, 6) is -0.496. The number of carbonyl (C=O) groups is 1. The normalized spacial score (nSPS) is 10.9. The molecule has 0 aliphatic heterocycles. The van der Waals surface area contributed by atoms with Crippen LogP contribution in [0.3, 0.4) is 0 Å². The summed E-state index contributed by atoms with van der Waals surface area (Å²) in [7, 11) is 1.75. The van der Waals surface area contributed by atoms with Crippen molar-refractivity contribution in [3.8, 4) is 0 Å². The van der Waals surface area contributed by atoms with Gasteiger partial charge in [0.15, 0.2) is 0 Å². The van der Waals surface area contributed by atoms with Gasteiger partial charge in [-0.1, -0.05) is 46.3 Å². The maximum absolute atomic E-state index is 13.9. The number of likely N-dealkylation sites (N-methyl/N-ethyl adjacent to an activating group) is 1. The summed E-state index contributed by atoms with van der Waals surface area (Å²) in [6.07, 6.45) is 0.781. The van der Waals surface area contributed by atoms with E-state index >= 15 is 0 Å². The summed E-state index contributed by atoms with van der Waals surface area (Å²) in [5, 5.41) is 0.424. The summed E-state index contributed by atoms with van der Waals surface area (Å²) >= 11 is 3.25. The zero-order valence-corrected chi connectivity index (χ0v) is 14.2. The Morgan fingerprint density at radius 3 is 2.70 bits per heavy atom. The van der Waals surface area contributed by atoms with Crippen molar-refractivity contribution in [2.24, 2.45) is 0 Å². The molecule has 0 spiro atoms. The SMILES string of the molecule is CN(CCc1ccccc1)C(=O)c1cc2c(F)cc(Br)cc2[nH]1. The first-order valence-corrected chi connectivity index (χ1v) is 8.11. The number of halogens is 2. The lowest BCUT2D eigenvalue weighted by molar-refractivity contribution is 0.0792. The van der Waals surface area contributed by atoms with Crippen molar-refractivity contribution in [1.29, 1.82) is 0 Å². The van der Waals surface area contributed by atoms with Crippen molar-refractivity contribution in [3.63, 3.8) is 0 Å². The van der Waals surface area contributed by atoms with E-state index in [9.17, 15) is 9.18 Å². The van der Waals surface area contributed by atoms with E-state index in [1.807, 2.05) is 30.3 Å². The van der Waals surface area contributed by atoms with Gasteiger partial charge in [-0.05, 0) is 30.2 Å². The monoisotopic (exact) mass is 374 g/mol. The van der Waals surface area contributed by atoms with Crippen LogP contribution in [-0.2, 0) is 6.42 Å². The summed E-state index contributed by atoms with van der Waals surface area (Å²) in [6.45, 7) is 0.602. The first-order valence-electron chi connectivity index (χ1n) is 7.32. The summed E-state index contributed by atoms with van der Waals surface area (Å²) in [4.78, 5) is 17.1. The van der Waals surface area contributed by atoms with E-state index < -0.39 is 0 Å². The number of aromatic amines is 1. The van der Waals surface area contributed by atoms with Crippen LogP contribution in [0.25, 0.3) is 10.9 Å². The first kappa shape index (κ1) is 15.7. The topological polar surface area (TPSA) is 36.1 Å². The van der Waals surface area contributed by atoms with E-state index in [-0.39, 0.29) is 11.7 Å². The van der Waals surface area contributed by atoms with Crippen molar-refractivity contribution < 1.29 is 9.18 Å². The predicted octanol–water partition coefficient (Wildman–Crippen LogP) is 4.38. The Kier molecular flexibility index (Phi) is 4.48. The van der Waals surface area contributed by atoms with Crippen molar-refractivity contribution in [2.75, 3.05) is 13.6 Å². The Labute approximate surface area is 142 Å². The molecular formula is C18H16BrFN2O. The number of rotatable bonds is 4. The number of benzene rings is 2. The molecule has 0 aliphatic carbocycles. The van der Waals surface area contributed by atoms with Crippen LogP contribution in [0.5, 0.6) is 0 Å². The third-order valence-corrected chi connectivity index (χ3v) is 4.27. The zero-order valence-electron chi connectivity index (χ0n) is 12.6. The van der Waals surface area contributed by atoms with Crippen LogP contribution in [-0.4, -0.2) is 29.4 Å². The number of aromatic nitrogens is 1. The average Bonchev–Trinajstić information content (AvgIpc) is 2.97. The van der Waals surface area contributed by atoms with Crippen LogP contribution in [0.4, 0.5) is 4.39 Å². The van der Waals surface area contributed by atoms with Crippen LogP contribution in [0.15, 0.2) is 53.0 Å². The van der Waals surface area contributed by atoms with Crippen molar-refractivity contribution in [2.45, 2.75) is 6.42 Å². The van der Waals surface area contributed by atoms with E-state index in [0.717, 1.165) is 6.42 Å². The fourth-order valence-electron chi connectivity index (χ4n) is 2.52. The molecule has 1 N–H and O–H groups in total. The number of nitrogens with one attached hydrogen (secondary N) is 1. The number of carbonyl (C=O) groups excluding carboxylic acids is 1. The predicted molar refractivity (Wildman–Crippen MR) is 93.1 cm³/mol. The number of nitrogens with zero attached hydrogens (tertiary/aromatic N) is 1. The molecule has 0 fully saturated rings. The molecule has 0 saturated heterocycles. The lowest BCUT2D eigenvalue weighted by Gasteiger charge is -2.16. The van der Waals surface area contributed by atoms with E-state index in [1.165, 1.54) is 11.6 Å². The Morgan fingerprint density at radius 2 is 1.96 bits per heavy atom. The molecule has 3 rings (SSSR count). The number of amides is 1. The molecule has 3 nitrogen and oxygen atoms in total. The van der Waals surface area contributed by atoms with Crippen LogP contribution in [0.2, 0.25) is 0 Å². The standard InChI is InChI=1S/C18H16BrFN2O/c1-22(8-7-12-5-3-2-4-6-12)18(23)17-11-14-15(20)9-13(19)10-16(14)21-17/h2-6,9-11,21H,7-8H2,1H3. The minimum absolute atomic E-state index is 0.146. The third kappa shape index (κ3) is 3.45. The minimum Gasteiger partial charge on any atom is -0.350 e. The molecular weight excluding hydrogens is 359 g/mol. The van der Waals surface area contributed by atoms with Crippen LogP contribution in [0, 0.1) is 5.82 Å². The van der Waals surface area contributed by atoms with Gasteiger partial charge in [0, 0.05) is 23.5 Å². The molecule has 1 heterocycles. The van der Waals surface area contributed by atoms with Gasteiger partial charge >= 0.3 is 0 Å². The van der Waals surface area contributed by atoms with Crippen LogP contribution >= 0.6 is 15.9 Å². The molecule has 1 aromatic heterocycles. The number of H-pyrrole nitrogens is 1. The molecule has 0 bridgehead atoms. The van der Waals surface area contributed by atoms with Gasteiger partial charge in [-0.3, -0.25) is 4.79 Å². The van der Waals surface area contributed by atoms with Gasteiger partial charge < -0.3 is 9.88 Å². The summed E-state index contributed by atoms with van der Waals surface area (Å²) < 4.78 is 14.6. The number of hydrogen-bond donors (Lipinski definition) is 1. The largest absolute Gasteiger partial charge is 0.350 e. The van der Waals surface area contributed by atoms with Crippen molar-refractivity contribution >= 4 is 32.7 Å². The second-order valence-corrected chi connectivity index (χ2v) is 6.41. The highest BCUT2D eigenvalue weighted by Crippen LogP contribution is 2.24. The molecule has 0 radical (unpaired) electrons. The maximum atomic E-state index is 13.9. The van der Waals surface area contributed by atoms with Crippen LogP contribution < -0.4 is 0 Å². The molecule has 0 unspecified atom stereocenters. The van der Waals surface area contributed by atoms with Gasteiger partial charge in [0.05, 0.1) is 5.52 Å². The Bertz CT molecular complexity index is 845. The van der Waals surface area contributed by atoms with Crippen molar-refractivity contribution in [3.05, 3.63) is 70.1 Å². The van der Waals surface area contributed by atoms with Gasteiger partial charge in [0.25, 0.3) is 5.91 Å². The Balaban J connectivity index is 1.75. The molecule has 23 heavy (non-hydrogen) atoms. The van der Waals surface area contributed by atoms with E-state index in [1.54, 1.807) is 24.1 Å². The molecule has 118 valence electrons. The Morgan fingerprint density at radius 1 is 1.22 bits per heavy atom. The minimum atomic E-state index is -0.350. The fraction of sp³-hybridized carbons (Fsp3) is 0.167. The smallest absolute Gasteiger partial charge is 0.270 e. The van der Waals surface area contributed by atoms with Gasteiger partial charge in [-0.15, -0.1) is 0 Å². The highest BCUT2D eigenvalue weighted by Gasteiger charge is 2.16. The van der Waals surface area contributed by atoms with E-state index in [2.05, 4.69) is 20.9 Å². The lowest BCUT2D eigenvalue weighted by Crippen LogP contribution is -2.29. The van der Waals surface area contributed by atoms with E-state index in [4.69, 9.17) is 0 Å². The second-order valence-electron chi connectivity index (χ2n) is 5.49. The molecule has 1 amide bonds. The summed E-state index contributed by atoms with van der Waals surface area (Å²) in [6, 6.07) is 14.7. The average molecular weight is 375 g/mol. The summed E-state index contributed by atoms with van der Waals surface area (Å²) in [5.41, 5.74) is 2.18. The molecule has 3 aromatic rings. The first-order chi connectivity index (χ1) is 11.0. The highest BCUT2D eigenvalue weighted by atomic mass is 79.9. The second kappa shape index (κ2) is 6.54. The maximum Gasteiger partial charge on any atom is 0.270 e. The van der Waals surface area contributed by atoms with Gasteiger partial charge in [0.1, 0.15) is 11.5 Å². The molecule has 5 heteroatoms. The number of fused-ring (bicyclic) bond motifs is 1. The van der Waals surface area contributed by atoms with Gasteiger partial charge in [0.2, 0.25) is 0 Å². The molecule has 0 aliphatic rings. The van der Waals surface area contributed by atoms with Gasteiger partial charge in [-0.25, -0.2) is 4.39 Å². The fourth-order valence-corrected chi connectivity index (χ4v) is 2.95. The van der Waals surface area contributed by atoms with E-state index in [0.29, 0.717) is 27.6 Å². The molecule has 2 aromatic carbocycles. The highest BCUT2D eigenvalue weighted by molar-refractivity contribution is 9.10. The van der Waals surface area contributed by atoms with Crippen molar-refractivity contribution in [1.82, 2.24) is 9.88 Å².